The number of carbonyl (C=O) groups is 2. The third kappa shape index (κ3) is 4.92. The van der Waals surface area contributed by atoms with E-state index >= 15 is 0 Å². The molecule has 2 aromatic carbocycles. The molecule has 2 amide bonds. The number of nitro benzene ring substituents is 1. The Balaban J connectivity index is 1.71. The van der Waals surface area contributed by atoms with Gasteiger partial charge in [-0.15, -0.1) is 0 Å². The number of hydrogen-bond acceptors (Lipinski definition) is 4. The predicted molar refractivity (Wildman–Crippen MR) is 111 cm³/mol. The number of nitrogens with zero attached hydrogens (tertiary/aromatic N) is 2. The SMILES string of the molecule is CN(C(=O)c1ccc(NC(=O)c2cc(Cl)ccc2[N+](=O)[O-])cc1)C1CCCCC1. The summed E-state index contributed by atoms with van der Waals surface area (Å²) in [5.74, 6) is -0.696. The first kappa shape index (κ1) is 20.8. The minimum absolute atomic E-state index is 0.0553. The highest BCUT2D eigenvalue weighted by atomic mass is 35.5. The molecule has 0 atom stereocenters. The van der Waals surface area contributed by atoms with Crippen LogP contribution < -0.4 is 5.32 Å². The average molecular weight is 416 g/mol. The highest BCUT2D eigenvalue weighted by Gasteiger charge is 2.23. The van der Waals surface area contributed by atoms with Crippen LogP contribution in [-0.2, 0) is 0 Å². The van der Waals surface area contributed by atoms with Crippen LogP contribution in [0.15, 0.2) is 42.5 Å². The lowest BCUT2D eigenvalue weighted by Gasteiger charge is -2.31. The van der Waals surface area contributed by atoms with Crippen LogP contribution in [0.3, 0.4) is 0 Å². The molecular weight excluding hydrogens is 394 g/mol. The molecule has 0 heterocycles. The van der Waals surface area contributed by atoms with Crippen molar-refractivity contribution < 1.29 is 14.5 Å². The molecule has 1 aliphatic carbocycles. The Morgan fingerprint density at radius 2 is 1.76 bits per heavy atom. The Labute approximate surface area is 173 Å². The molecule has 1 fully saturated rings. The summed E-state index contributed by atoms with van der Waals surface area (Å²) in [6, 6.07) is 10.6. The lowest BCUT2D eigenvalue weighted by Crippen LogP contribution is -2.38. The maximum Gasteiger partial charge on any atom is 0.282 e. The fourth-order valence-electron chi connectivity index (χ4n) is 3.58. The second-order valence-corrected chi connectivity index (χ2v) is 7.59. The monoisotopic (exact) mass is 415 g/mol. The van der Waals surface area contributed by atoms with Crippen molar-refractivity contribution in [2.24, 2.45) is 0 Å². The van der Waals surface area contributed by atoms with Gasteiger partial charge in [0.1, 0.15) is 5.56 Å². The number of anilines is 1. The van der Waals surface area contributed by atoms with Gasteiger partial charge in [-0.05, 0) is 49.2 Å². The van der Waals surface area contributed by atoms with Crippen LogP contribution in [0.4, 0.5) is 11.4 Å². The molecule has 2 aromatic rings. The number of halogens is 1. The molecule has 1 N–H and O–H groups in total. The summed E-state index contributed by atoms with van der Waals surface area (Å²) in [5, 5.41) is 14.0. The zero-order valence-corrected chi connectivity index (χ0v) is 16.8. The van der Waals surface area contributed by atoms with Gasteiger partial charge < -0.3 is 10.2 Å². The van der Waals surface area contributed by atoms with E-state index in [9.17, 15) is 19.7 Å². The molecule has 0 aliphatic heterocycles. The van der Waals surface area contributed by atoms with Crippen LogP contribution >= 0.6 is 11.6 Å². The summed E-state index contributed by atoms with van der Waals surface area (Å²) in [7, 11) is 1.83. The van der Waals surface area contributed by atoms with Gasteiger partial charge in [0.25, 0.3) is 17.5 Å². The van der Waals surface area contributed by atoms with Gasteiger partial charge in [-0.3, -0.25) is 19.7 Å². The summed E-state index contributed by atoms with van der Waals surface area (Å²) in [5.41, 5.74) is 0.512. The molecule has 0 bridgehead atoms. The van der Waals surface area contributed by atoms with Gasteiger partial charge in [0.15, 0.2) is 0 Å². The van der Waals surface area contributed by atoms with Crippen molar-refractivity contribution >= 4 is 34.8 Å². The summed E-state index contributed by atoms with van der Waals surface area (Å²) in [4.78, 5) is 37.5. The van der Waals surface area contributed by atoms with E-state index in [4.69, 9.17) is 11.6 Å². The van der Waals surface area contributed by atoms with Gasteiger partial charge in [-0.25, -0.2) is 0 Å². The topological polar surface area (TPSA) is 92.6 Å². The summed E-state index contributed by atoms with van der Waals surface area (Å²) >= 11 is 5.87. The van der Waals surface area contributed by atoms with Crippen molar-refractivity contribution in [1.82, 2.24) is 4.90 Å². The van der Waals surface area contributed by atoms with Crippen LogP contribution in [0, 0.1) is 10.1 Å². The van der Waals surface area contributed by atoms with E-state index in [0.29, 0.717) is 11.3 Å². The fraction of sp³-hybridized carbons (Fsp3) is 0.333. The molecule has 7 nitrogen and oxygen atoms in total. The molecule has 0 saturated heterocycles. The van der Waals surface area contributed by atoms with Crippen LogP contribution in [0.2, 0.25) is 5.02 Å². The Hall–Kier alpha value is -2.93. The van der Waals surface area contributed by atoms with Crippen LogP contribution in [0.25, 0.3) is 0 Å². The van der Waals surface area contributed by atoms with E-state index in [1.54, 1.807) is 29.2 Å². The fourth-order valence-corrected chi connectivity index (χ4v) is 3.75. The number of rotatable bonds is 5. The number of benzene rings is 2. The van der Waals surface area contributed by atoms with E-state index in [1.165, 1.54) is 24.6 Å². The second-order valence-electron chi connectivity index (χ2n) is 7.16. The Kier molecular flexibility index (Phi) is 6.49. The predicted octanol–water partition coefficient (Wildman–Crippen LogP) is 4.91. The molecule has 0 unspecified atom stereocenters. The summed E-state index contributed by atoms with van der Waals surface area (Å²) in [6.07, 6.45) is 5.55. The molecule has 3 rings (SSSR count). The van der Waals surface area contributed by atoms with E-state index in [-0.39, 0.29) is 28.2 Å². The first-order valence-electron chi connectivity index (χ1n) is 9.49. The largest absolute Gasteiger partial charge is 0.339 e. The maximum atomic E-state index is 12.7. The molecular formula is C21H22ClN3O4. The quantitative estimate of drug-likeness (QED) is 0.554. The van der Waals surface area contributed by atoms with Gasteiger partial charge in [0.2, 0.25) is 0 Å². The third-order valence-electron chi connectivity index (χ3n) is 5.23. The summed E-state index contributed by atoms with van der Waals surface area (Å²) < 4.78 is 0. The van der Waals surface area contributed by atoms with Gasteiger partial charge in [0, 0.05) is 35.4 Å². The highest BCUT2D eigenvalue weighted by Crippen LogP contribution is 2.25. The molecule has 29 heavy (non-hydrogen) atoms. The van der Waals surface area contributed by atoms with Crippen molar-refractivity contribution in [3.63, 3.8) is 0 Å². The van der Waals surface area contributed by atoms with Gasteiger partial charge in [-0.1, -0.05) is 30.9 Å². The first-order chi connectivity index (χ1) is 13.9. The molecule has 8 heteroatoms. The lowest BCUT2D eigenvalue weighted by molar-refractivity contribution is -0.385. The van der Waals surface area contributed by atoms with Gasteiger partial charge in [0.05, 0.1) is 4.92 Å². The van der Waals surface area contributed by atoms with Crippen molar-refractivity contribution in [2.75, 3.05) is 12.4 Å². The molecule has 152 valence electrons. The first-order valence-corrected chi connectivity index (χ1v) is 9.87. The summed E-state index contributed by atoms with van der Waals surface area (Å²) in [6.45, 7) is 0. The van der Waals surface area contributed by atoms with E-state index < -0.39 is 10.8 Å². The average Bonchev–Trinajstić information content (AvgIpc) is 2.73. The number of nitro groups is 1. The molecule has 0 aromatic heterocycles. The number of amides is 2. The minimum atomic E-state index is -0.641. The normalized spacial score (nSPS) is 14.3. The van der Waals surface area contributed by atoms with Gasteiger partial charge >= 0.3 is 0 Å². The minimum Gasteiger partial charge on any atom is -0.339 e. The van der Waals surface area contributed by atoms with Crippen LogP contribution in [0.1, 0.15) is 52.8 Å². The van der Waals surface area contributed by atoms with E-state index in [0.717, 1.165) is 25.7 Å². The van der Waals surface area contributed by atoms with Crippen LogP contribution in [0.5, 0.6) is 0 Å². The van der Waals surface area contributed by atoms with E-state index in [2.05, 4.69) is 5.32 Å². The second kappa shape index (κ2) is 9.05. The number of nitrogens with one attached hydrogen (secondary N) is 1. The van der Waals surface area contributed by atoms with Crippen LogP contribution in [-0.4, -0.2) is 34.7 Å². The molecule has 0 spiro atoms. The zero-order valence-electron chi connectivity index (χ0n) is 16.1. The van der Waals surface area contributed by atoms with Crippen molar-refractivity contribution in [1.29, 1.82) is 0 Å². The molecule has 1 saturated carbocycles. The van der Waals surface area contributed by atoms with Crippen molar-refractivity contribution in [3.8, 4) is 0 Å². The zero-order chi connectivity index (χ0) is 21.0. The Morgan fingerprint density at radius 1 is 1.10 bits per heavy atom. The standard InChI is InChI=1S/C21H22ClN3O4/c1-24(17-5-3-2-4-6-17)21(27)14-7-10-16(11-8-14)23-20(26)18-13-15(22)9-12-19(18)25(28)29/h7-13,17H,2-6H2,1H3,(H,23,26). The Bertz CT molecular complexity index is 924. The third-order valence-corrected chi connectivity index (χ3v) is 5.47. The van der Waals surface area contributed by atoms with Gasteiger partial charge in [-0.2, -0.15) is 0 Å². The van der Waals surface area contributed by atoms with Crippen molar-refractivity contribution in [3.05, 3.63) is 68.7 Å². The smallest absolute Gasteiger partial charge is 0.282 e. The Morgan fingerprint density at radius 3 is 2.38 bits per heavy atom. The maximum absolute atomic E-state index is 12.7. The highest BCUT2D eigenvalue weighted by molar-refractivity contribution is 6.31. The molecule has 1 aliphatic rings. The number of carbonyl (C=O) groups excluding carboxylic acids is 2. The lowest BCUT2D eigenvalue weighted by atomic mass is 9.94. The van der Waals surface area contributed by atoms with E-state index in [1.807, 2.05) is 7.05 Å². The number of hydrogen-bond donors (Lipinski definition) is 1. The van der Waals surface area contributed by atoms with Crippen molar-refractivity contribution in [2.45, 2.75) is 38.1 Å². The molecule has 0 radical (unpaired) electrons.